The Morgan fingerprint density at radius 1 is 1.26 bits per heavy atom. The molecule has 8 heteroatoms. The Hall–Kier alpha value is -3.06. The van der Waals surface area contributed by atoms with E-state index in [-0.39, 0.29) is 6.03 Å². The van der Waals surface area contributed by atoms with E-state index < -0.39 is 0 Å². The molecular weight excluding hydrogens is 364 g/mol. The maximum absolute atomic E-state index is 12.9. The van der Waals surface area contributed by atoms with Crippen molar-refractivity contribution in [3.63, 3.8) is 0 Å². The first-order chi connectivity index (χ1) is 13.1. The van der Waals surface area contributed by atoms with Crippen LogP contribution in [0.25, 0.3) is 11.3 Å². The maximum atomic E-state index is 12.9. The number of hydrogen-bond acceptors (Lipinski definition) is 4. The molecule has 0 fully saturated rings. The minimum atomic E-state index is -0.255. The number of nitrogens with zero attached hydrogens (tertiary/aromatic N) is 4. The lowest BCUT2D eigenvalue weighted by Crippen LogP contribution is -2.36. The summed E-state index contributed by atoms with van der Waals surface area (Å²) < 4.78 is 1.64. The van der Waals surface area contributed by atoms with Gasteiger partial charge in [-0.3, -0.25) is 14.9 Å². The molecular formula is C19H19ClN6O. The van der Waals surface area contributed by atoms with E-state index in [2.05, 4.69) is 15.7 Å². The lowest BCUT2D eigenvalue weighted by molar-refractivity contribution is 0.256. The van der Waals surface area contributed by atoms with Crippen molar-refractivity contribution in [2.24, 2.45) is 7.05 Å². The van der Waals surface area contributed by atoms with Crippen LogP contribution in [0.3, 0.4) is 0 Å². The number of amides is 2. The van der Waals surface area contributed by atoms with Gasteiger partial charge in [-0.05, 0) is 30.7 Å². The lowest BCUT2D eigenvalue weighted by Gasteiger charge is -2.21. The highest BCUT2D eigenvalue weighted by atomic mass is 35.5. The molecule has 0 bridgehead atoms. The molecule has 0 atom stereocenters. The summed E-state index contributed by atoms with van der Waals surface area (Å²) in [6, 6.07) is 12.9. The van der Waals surface area contributed by atoms with Crippen LogP contribution in [0.1, 0.15) is 6.42 Å². The Balaban J connectivity index is 1.68. The predicted octanol–water partition coefficient (Wildman–Crippen LogP) is 3.99. The quantitative estimate of drug-likeness (QED) is 0.702. The van der Waals surface area contributed by atoms with Crippen molar-refractivity contribution in [1.82, 2.24) is 14.8 Å². The van der Waals surface area contributed by atoms with Crippen LogP contribution < -0.4 is 15.5 Å². The lowest BCUT2D eigenvalue weighted by atomic mass is 10.1. The number of halogens is 1. The minimum Gasteiger partial charge on any atom is -0.382 e. The fraction of sp³-hybridized carbons (Fsp3) is 0.211. The monoisotopic (exact) mass is 382 g/mol. The first-order valence-electron chi connectivity index (χ1n) is 8.69. The fourth-order valence-electron chi connectivity index (χ4n) is 3.02. The molecule has 1 aliphatic heterocycles. The first-order valence-corrected chi connectivity index (χ1v) is 9.07. The molecule has 2 N–H and O–H groups in total. The second-order valence-electron chi connectivity index (χ2n) is 6.31. The van der Waals surface area contributed by atoms with Crippen molar-refractivity contribution < 1.29 is 4.79 Å². The fourth-order valence-corrected chi connectivity index (χ4v) is 3.21. The molecule has 4 rings (SSSR count). The van der Waals surface area contributed by atoms with E-state index in [1.807, 2.05) is 36.4 Å². The second-order valence-corrected chi connectivity index (χ2v) is 6.75. The molecule has 7 nitrogen and oxygen atoms in total. The molecule has 2 aromatic heterocycles. The Kier molecular flexibility index (Phi) is 4.68. The predicted molar refractivity (Wildman–Crippen MR) is 107 cm³/mol. The number of carbonyl (C=O) groups is 1. The van der Waals surface area contributed by atoms with Crippen LogP contribution in [0, 0.1) is 0 Å². The van der Waals surface area contributed by atoms with Gasteiger partial charge in [0.2, 0.25) is 0 Å². The molecule has 0 spiro atoms. The molecule has 27 heavy (non-hydrogen) atoms. The molecule has 0 aliphatic carbocycles. The average molecular weight is 383 g/mol. The van der Waals surface area contributed by atoms with Crippen molar-refractivity contribution in [1.29, 1.82) is 0 Å². The van der Waals surface area contributed by atoms with Gasteiger partial charge in [0.05, 0.1) is 11.4 Å². The zero-order valence-corrected chi connectivity index (χ0v) is 15.6. The molecule has 0 saturated carbocycles. The molecule has 3 aromatic rings. The van der Waals surface area contributed by atoms with Crippen molar-refractivity contribution in [3.8, 4) is 11.3 Å². The molecule has 1 aliphatic rings. The second kappa shape index (κ2) is 7.28. The summed E-state index contributed by atoms with van der Waals surface area (Å²) in [5.74, 6) is 1.10. The Bertz CT molecular complexity index is 986. The third kappa shape index (κ3) is 3.73. The SMILES string of the molecule is Cn1ccc(NC(=O)N2CCCNc3ccc(-c4cccc(Cl)c4)nc32)n1. The van der Waals surface area contributed by atoms with Crippen molar-refractivity contribution in [2.75, 3.05) is 28.6 Å². The summed E-state index contributed by atoms with van der Waals surface area (Å²) >= 11 is 6.11. The smallest absolute Gasteiger partial charge is 0.328 e. The third-order valence-electron chi connectivity index (χ3n) is 4.32. The van der Waals surface area contributed by atoms with Crippen LogP contribution in [0.2, 0.25) is 5.02 Å². The van der Waals surface area contributed by atoms with Crippen LogP contribution in [0.15, 0.2) is 48.7 Å². The van der Waals surface area contributed by atoms with Gasteiger partial charge in [-0.25, -0.2) is 9.78 Å². The highest BCUT2D eigenvalue weighted by molar-refractivity contribution is 6.30. The van der Waals surface area contributed by atoms with E-state index in [0.717, 1.165) is 29.9 Å². The molecule has 1 aromatic carbocycles. The largest absolute Gasteiger partial charge is 0.382 e. The Morgan fingerprint density at radius 3 is 2.93 bits per heavy atom. The van der Waals surface area contributed by atoms with Crippen LogP contribution in [-0.4, -0.2) is 33.9 Å². The van der Waals surface area contributed by atoms with E-state index in [0.29, 0.717) is 23.2 Å². The number of aryl methyl sites for hydroxylation is 1. The van der Waals surface area contributed by atoms with Gasteiger partial charge in [0, 0.05) is 43.0 Å². The first kappa shape index (κ1) is 17.4. The zero-order valence-electron chi connectivity index (χ0n) is 14.8. The van der Waals surface area contributed by atoms with E-state index in [4.69, 9.17) is 16.6 Å². The number of rotatable bonds is 2. The average Bonchev–Trinajstić information content (AvgIpc) is 2.94. The zero-order chi connectivity index (χ0) is 18.8. The number of fused-ring (bicyclic) bond motifs is 1. The van der Waals surface area contributed by atoms with Crippen molar-refractivity contribution >= 4 is 35.0 Å². The van der Waals surface area contributed by atoms with Gasteiger partial charge in [-0.2, -0.15) is 5.10 Å². The van der Waals surface area contributed by atoms with Crippen molar-refractivity contribution in [2.45, 2.75) is 6.42 Å². The van der Waals surface area contributed by atoms with Gasteiger partial charge in [-0.15, -0.1) is 0 Å². The summed E-state index contributed by atoms with van der Waals surface area (Å²) in [6.07, 6.45) is 2.60. The van der Waals surface area contributed by atoms with Crippen LogP contribution >= 0.6 is 11.6 Å². The van der Waals surface area contributed by atoms with E-state index in [1.165, 1.54) is 0 Å². The Morgan fingerprint density at radius 2 is 2.15 bits per heavy atom. The van der Waals surface area contributed by atoms with Gasteiger partial charge in [0.15, 0.2) is 11.6 Å². The van der Waals surface area contributed by atoms with Crippen LogP contribution in [0.5, 0.6) is 0 Å². The molecule has 0 radical (unpaired) electrons. The van der Waals surface area contributed by atoms with E-state index in [9.17, 15) is 4.79 Å². The van der Waals surface area contributed by atoms with E-state index >= 15 is 0 Å². The Labute approximate surface area is 162 Å². The van der Waals surface area contributed by atoms with Crippen LogP contribution in [-0.2, 0) is 7.05 Å². The minimum absolute atomic E-state index is 0.255. The number of hydrogen-bond donors (Lipinski definition) is 2. The standard InChI is InChI=1S/C19H19ClN6O/c1-25-11-8-17(24-25)23-19(27)26-10-3-9-21-16-7-6-15(22-18(16)26)13-4-2-5-14(20)12-13/h2,4-8,11-12,21H,3,9-10H2,1H3,(H,23,24,27). The molecule has 138 valence electrons. The third-order valence-corrected chi connectivity index (χ3v) is 4.55. The summed E-state index contributed by atoms with van der Waals surface area (Å²) in [4.78, 5) is 19.3. The molecule has 0 unspecified atom stereocenters. The van der Waals surface area contributed by atoms with Crippen molar-refractivity contribution in [3.05, 3.63) is 53.7 Å². The van der Waals surface area contributed by atoms with E-state index in [1.54, 1.807) is 28.9 Å². The summed E-state index contributed by atoms with van der Waals surface area (Å²) in [6.45, 7) is 1.34. The summed E-state index contributed by atoms with van der Waals surface area (Å²) in [5, 5.41) is 11.0. The number of aromatic nitrogens is 3. The number of pyridine rings is 1. The van der Waals surface area contributed by atoms with Gasteiger partial charge < -0.3 is 5.32 Å². The molecule has 0 saturated heterocycles. The van der Waals surface area contributed by atoms with Gasteiger partial charge in [-0.1, -0.05) is 23.7 Å². The normalized spacial score (nSPS) is 13.5. The van der Waals surface area contributed by atoms with Crippen LogP contribution in [0.4, 0.5) is 22.1 Å². The molecule has 3 heterocycles. The summed E-state index contributed by atoms with van der Waals surface area (Å²) in [7, 11) is 1.81. The van der Waals surface area contributed by atoms with Gasteiger partial charge >= 0.3 is 6.03 Å². The van der Waals surface area contributed by atoms with Gasteiger partial charge in [0.1, 0.15) is 0 Å². The number of anilines is 3. The highest BCUT2D eigenvalue weighted by Gasteiger charge is 2.24. The number of urea groups is 1. The topological polar surface area (TPSA) is 75.1 Å². The van der Waals surface area contributed by atoms with Gasteiger partial charge in [0.25, 0.3) is 0 Å². The number of nitrogens with one attached hydrogen (secondary N) is 2. The maximum Gasteiger partial charge on any atom is 0.328 e. The number of benzene rings is 1. The summed E-state index contributed by atoms with van der Waals surface area (Å²) in [5.41, 5.74) is 2.49. The highest BCUT2D eigenvalue weighted by Crippen LogP contribution is 2.31. The number of carbonyl (C=O) groups excluding carboxylic acids is 1. The molecule has 2 amide bonds.